The second kappa shape index (κ2) is 5.27. The summed E-state index contributed by atoms with van der Waals surface area (Å²) < 4.78 is 4.69. The van der Waals surface area contributed by atoms with Gasteiger partial charge in [0.2, 0.25) is 0 Å². The van der Waals surface area contributed by atoms with Crippen LogP contribution < -0.4 is 10.6 Å². The third kappa shape index (κ3) is 2.46. The van der Waals surface area contributed by atoms with Crippen molar-refractivity contribution in [3.8, 4) is 0 Å². The number of thioether (sulfide) groups is 1. The van der Waals surface area contributed by atoms with Crippen molar-refractivity contribution in [3.05, 3.63) is 17.8 Å². The Labute approximate surface area is 104 Å². The van der Waals surface area contributed by atoms with Crippen molar-refractivity contribution in [3.63, 3.8) is 0 Å². The molecule has 5 nitrogen and oxygen atoms in total. The van der Waals surface area contributed by atoms with E-state index >= 15 is 0 Å². The molecule has 0 atom stereocenters. The van der Waals surface area contributed by atoms with Gasteiger partial charge in [-0.15, -0.1) is 0 Å². The molecule has 1 aliphatic heterocycles. The Hall–Kier alpha value is -1.43. The van der Waals surface area contributed by atoms with E-state index in [0.717, 1.165) is 24.6 Å². The van der Waals surface area contributed by atoms with E-state index in [1.807, 2.05) is 11.8 Å². The number of anilines is 2. The highest BCUT2D eigenvalue weighted by Gasteiger charge is 2.19. The van der Waals surface area contributed by atoms with Crippen molar-refractivity contribution in [2.24, 2.45) is 0 Å². The fourth-order valence-corrected chi connectivity index (χ4v) is 2.68. The van der Waals surface area contributed by atoms with Crippen LogP contribution >= 0.6 is 11.8 Å². The molecule has 6 heteroatoms. The molecule has 0 amide bonds. The van der Waals surface area contributed by atoms with Crippen LogP contribution in [0.3, 0.4) is 0 Å². The Morgan fingerprint density at radius 1 is 1.53 bits per heavy atom. The number of pyridine rings is 1. The SMILES string of the molecule is COC(=O)c1ccnc(N2CCSCC2)c1N. The van der Waals surface area contributed by atoms with Crippen molar-refractivity contribution < 1.29 is 9.53 Å². The molecule has 2 rings (SSSR count). The average molecular weight is 253 g/mol. The molecule has 2 heterocycles. The summed E-state index contributed by atoms with van der Waals surface area (Å²) in [6, 6.07) is 1.59. The van der Waals surface area contributed by atoms with Gasteiger partial charge < -0.3 is 15.4 Å². The molecule has 1 saturated heterocycles. The third-order valence-electron chi connectivity index (χ3n) is 2.69. The topological polar surface area (TPSA) is 68.5 Å². The van der Waals surface area contributed by atoms with E-state index in [9.17, 15) is 4.79 Å². The zero-order valence-electron chi connectivity index (χ0n) is 9.68. The summed E-state index contributed by atoms with van der Waals surface area (Å²) in [5.41, 5.74) is 6.77. The van der Waals surface area contributed by atoms with E-state index in [4.69, 9.17) is 10.5 Å². The summed E-state index contributed by atoms with van der Waals surface area (Å²) in [4.78, 5) is 17.9. The summed E-state index contributed by atoms with van der Waals surface area (Å²) in [5.74, 6) is 2.39. The maximum Gasteiger partial charge on any atom is 0.340 e. The Kier molecular flexibility index (Phi) is 3.73. The van der Waals surface area contributed by atoms with Gasteiger partial charge >= 0.3 is 5.97 Å². The maximum atomic E-state index is 11.5. The van der Waals surface area contributed by atoms with Gasteiger partial charge in [-0.1, -0.05) is 0 Å². The van der Waals surface area contributed by atoms with E-state index in [1.165, 1.54) is 7.11 Å². The van der Waals surface area contributed by atoms with E-state index in [-0.39, 0.29) is 0 Å². The molecule has 2 N–H and O–H groups in total. The maximum absolute atomic E-state index is 11.5. The van der Waals surface area contributed by atoms with Crippen LogP contribution in [0.4, 0.5) is 11.5 Å². The van der Waals surface area contributed by atoms with Crippen molar-refractivity contribution in [1.82, 2.24) is 4.98 Å². The Morgan fingerprint density at radius 3 is 2.88 bits per heavy atom. The number of rotatable bonds is 2. The molecule has 0 spiro atoms. The lowest BCUT2D eigenvalue weighted by atomic mass is 10.2. The first kappa shape index (κ1) is 12.0. The number of nitrogens with two attached hydrogens (primary N) is 1. The number of nitrogen functional groups attached to an aromatic ring is 1. The van der Waals surface area contributed by atoms with Crippen LogP contribution in [0.15, 0.2) is 12.3 Å². The zero-order valence-corrected chi connectivity index (χ0v) is 10.5. The first-order valence-corrected chi connectivity index (χ1v) is 6.55. The van der Waals surface area contributed by atoms with Gasteiger partial charge in [0.25, 0.3) is 0 Å². The van der Waals surface area contributed by atoms with Crippen molar-refractivity contribution in [1.29, 1.82) is 0 Å². The number of methoxy groups -OCH3 is 1. The summed E-state index contributed by atoms with van der Waals surface area (Å²) >= 11 is 1.91. The highest BCUT2D eigenvalue weighted by Crippen LogP contribution is 2.26. The zero-order chi connectivity index (χ0) is 12.3. The highest BCUT2D eigenvalue weighted by molar-refractivity contribution is 7.99. The second-order valence-corrected chi connectivity index (χ2v) is 4.91. The average Bonchev–Trinajstić information content (AvgIpc) is 2.39. The summed E-state index contributed by atoms with van der Waals surface area (Å²) in [7, 11) is 1.35. The molecule has 1 aliphatic rings. The van der Waals surface area contributed by atoms with Gasteiger partial charge in [0.15, 0.2) is 5.82 Å². The van der Waals surface area contributed by atoms with E-state index in [0.29, 0.717) is 17.1 Å². The predicted molar refractivity (Wildman–Crippen MR) is 69.5 cm³/mol. The van der Waals surface area contributed by atoms with Gasteiger partial charge in [-0.2, -0.15) is 11.8 Å². The van der Waals surface area contributed by atoms with E-state index in [2.05, 4.69) is 9.88 Å². The lowest BCUT2D eigenvalue weighted by Gasteiger charge is -2.28. The van der Waals surface area contributed by atoms with Crippen LogP contribution in [0.5, 0.6) is 0 Å². The number of aromatic nitrogens is 1. The predicted octanol–water partition coefficient (Wildman–Crippen LogP) is 1.00. The van der Waals surface area contributed by atoms with Crippen molar-refractivity contribution in [2.45, 2.75) is 0 Å². The van der Waals surface area contributed by atoms with Gasteiger partial charge in [-0.05, 0) is 6.07 Å². The molecule has 1 fully saturated rings. The molecule has 0 saturated carbocycles. The molecule has 92 valence electrons. The molecular weight excluding hydrogens is 238 g/mol. The molecule has 17 heavy (non-hydrogen) atoms. The Balaban J connectivity index is 2.31. The number of carbonyl (C=O) groups excluding carboxylic acids is 1. The molecule has 0 unspecified atom stereocenters. The molecular formula is C11H15N3O2S. The Morgan fingerprint density at radius 2 is 2.24 bits per heavy atom. The van der Waals surface area contributed by atoms with E-state index < -0.39 is 5.97 Å². The number of hydrogen-bond donors (Lipinski definition) is 1. The molecule has 1 aromatic heterocycles. The third-order valence-corrected chi connectivity index (χ3v) is 3.63. The van der Waals surface area contributed by atoms with Gasteiger partial charge in [0.05, 0.1) is 18.4 Å². The van der Waals surface area contributed by atoms with Crippen LogP contribution in [0.2, 0.25) is 0 Å². The minimum Gasteiger partial charge on any atom is -0.465 e. The number of ether oxygens (including phenoxy) is 1. The van der Waals surface area contributed by atoms with Crippen molar-refractivity contribution in [2.75, 3.05) is 42.3 Å². The standard InChI is InChI=1S/C11H15N3O2S/c1-16-11(15)8-2-3-13-10(9(8)12)14-4-6-17-7-5-14/h2-3H,4-7,12H2,1H3. The summed E-state index contributed by atoms with van der Waals surface area (Å²) in [5, 5.41) is 0. The van der Waals surface area contributed by atoms with Gasteiger partial charge in [0, 0.05) is 30.8 Å². The highest BCUT2D eigenvalue weighted by atomic mass is 32.2. The lowest BCUT2D eigenvalue weighted by Crippen LogP contribution is -2.34. The summed E-state index contributed by atoms with van der Waals surface area (Å²) in [6.45, 7) is 1.82. The quantitative estimate of drug-likeness (QED) is 0.793. The molecule has 0 bridgehead atoms. The minimum atomic E-state index is -0.419. The fourth-order valence-electron chi connectivity index (χ4n) is 1.78. The lowest BCUT2D eigenvalue weighted by molar-refractivity contribution is 0.0602. The largest absolute Gasteiger partial charge is 0.465 e. The van der Waals surface area contributed by atoms with E-state index in [1.54, 1.807) is 12.3 Å². The van der Waals surface area contributed by atoms with Crippen LogP contribution in [0.25, 0.3) is 0 Å². The number of esters is 1. The van der Waals surface area contributed by atoms with Gasteiger partial charge in [-0.25, -0.2) is 9.78 Å². The molecule has 0 radical (unpaired) electrons. The van der Waals surface area contributed by atoms with Crippen LogP contribution in [-0.4, -0.2) is 42.7 Å². The van der Waals surface area contributed by atoms with Gasteiger partial charge in [-0.3, -0.25) is 0 Å². The number of nitrogens with zero attached hydrogens (tertiary/aromatic N) is 2. The first-order valence-electron chi connectivity index (χ1n) is 5.39. The molecule has 0 aromatic carbocycles. The monoisotopic (exact) mass is 253 g/mol. The molecule has 0 aliphatic carbocycles. The smallest absolute Gasteiger partial charge is 0.340 e. The number of carbonyl (C=O) groups is 1. The second-order valence-electron chi connectivity index (χ2n) is 3.69. The normalized spacial score (nSPS) is 15.7. The first-order chi connectivity index (χ1) is 8.24. The Bertz CT molecular complexity index is 419. The van der Waals surface area contributed by atoms with Crippen LogP contribution in [0, 0.1) is 0 Å². The van der Waals surface area contributed by atoms with Crippen LogP contribution in [0.1, 0.15) is 10.4 Å². The molecule has 1 aromatic rings. The number of hydrogen-bond acceptors (Lipinski definition) is 6. The van der Waals surface area contributed by atoms with Gasteiger partial charge in [0.1, 0.15) is 0 Å². The van der Waals surface area contributed by atoms with Crippen molar-refractivity contribution >= 4 is 29.2 Å². The summed E-state index contributed by atoms with van der Waals surface area (Å²) in [6.07, 6.45) is 1.60. The minimum absolute atomic E-state index is 0.385. The fraction of sp³-hybridized carbons (Fsp3) is 0.455. The van der Waals surface area contributed by atoms with Crippen LogP contribution in [-0.2, 0) is 4.74 Å².